The Balaban J connectivity index is 1.62. The number of benzene rings is 2. The fourth-order valence-corrected chi connectivity index (χ4v) is 2.93. The number of rotatable bonds is 4. The van der Waals surface area contributed by atoms with Gasteiger partial charge >= 0.3 is 0 Å². The first-order chi connectivity index (χ1) is 11.5. The average molecular weight is 324 g/mol. The van der Waals surface area contributed by atoms with Crippen LogP contribution in [0.2, 0.25) is 0 Å². The van der Waals surface area contributed by atoms with Crippen molar-refractivity contribution in [1.82, 2.24) is 4.90 Å². The van der Waals surface area contributed by atoms with Crippen LogP contribution in [-0.4, -0.2) is 44.1 Å². The van der Waals surface area contributed by atoms with Gasteiger partial charge in [0.15, 0.2) is 0 Å². The lowest BCUT2D eigenvalue weighted by Gasteiger charge is -2.39. The Morgan fingerprint density at radius 3 is 2.33 bits per heavy atom. The molecule has 1 saturated heterocycles. The predicted molar refractivity (Wildman–Crippen MR) is 97.0 cm³/mol. The lowest BCUT2D eigenvalue weighted by atomic mass is 10.1. The molecule has 0 saturated carbocycles. The zero-order valence-electron chi connectivity index (χ0n) is 14.7. The zero-order chi connectivity index (χ0) is 17.3. The van der Waals surface area contributed by atoms with Gasteiger partial charge in [-0.2, -0.15) is 0 Å². The minimum absolute atomic E-state index is 0.0695. The fraction of sp³-hybridized carbons (Fsp3) is 0.350. The molecule has 0 radical (unpaired) electrons. The van der Waals surface area contributed by atoms with E-state index in [9.17, 15) is 4.79 Å². The summed E-state index contributed by atoms with van der Waals surface area (Å²) < 4.78 is 6.09. The van der Waals surface area contributed by atoms with E-state index in [1.807, 2.05) is 54.2 Å². The maximum absolute atomic E-state index is 12.6. The van der Waals surface area contributed by atoms with E-state index >= 15 is 0 Å². The maximum atomic E-state index is 12.6. The van der Waals surface area contributed by atoms with Gasteiger partial charge in [-0.25, -0.2) is 0 Å². The molecule has 4 heteroatoms. The first-order valence-electron chi connectivity index (χ1n) is 8.25. The first kappa shape index (κ1) is 16.4. The highest BCUT2D eigenvalue weighted by Crippen LogP contribution is 2.27. The molecule has 3 rings (SSSR count). The van der Waals surface area contributed by atoms with Gasteiger partial charge in [0.1, 0.15) is 11.9 Å². The van der Waals surface area contributed by atoms with Crippen molar-refractivity contribution < 1.29 is 9.53 Å². The molecule has 1 amide bonds. The molecule has 0 spiro atoms. The Kier molecular flexibility index (Phi) is 4.47. The molecule has 1 aliphatic heterocycles. The number of ether oxygens (including phenoxy) is 1. The van der Waals surface area contributed by atoms with Crippen LogP contribution < -0.4 is 9.64 Å². The number of nitrogens with zero attached hydrogens (tertiary/aromatic N) is 2. The molecule has 4 nitrogen and oxygen atoms in total. The minimum atomic E-state index is 0.0695. The second kappa shape index (κ2) is 6.56. The van der Waals surface area contributed by atoms with Gasteiger partial charge in [0.2, 0.25) is 0 Å². The molecule has 1 heterocycles. The van der Waals surface area contributed by atoms with Crippen LogP contribution in [0.1, 0.15) is 21.5 Å². The van der Waals surface area contributed by atoms with Crippen molar-refractivity contribution in [3.8, 4) is 5.75 Å². The number of aryl methyl sites for hydroxylation is 2. The molecule has 0 aliphatic carbocycles. The van der Waals surface area contributed by atoms with Crippen molar-refractivity contribution in [3.63, 3.8) is 0 Å². The van der Waals surface area contributed by atoms with Gasteiger partial charge in [0, 0.05) is 25.3 Å². The van der Waals surface area contributed by atoms with E-state index < -0.39 is 0 Å². The predicted octanol–water partition coefficient (Wildman–Crippen LogP) is 3.27. The number of para-hydroxylation sites is 1. The molecule has 0 N–H and O–H groups in total. The molecule has 1 aliphatic rings. The molecular weight excluding hydrogens is 300 g/mol. The van der Waals surface area contributed by atoms with E-state index in [-0.39, 0.29) is 12.0 Å². The van der Waals surface area contributed by atoms with Crippen LogP contribution in [-0.2, 0) is 0 Å². The number of anilines is 1. The molecule has 1 fully saturated rings. The summed E-state index contributed by atoms with van der Waals surface area (Å²) in [4.78, 5) is 16.4. The third-order valence-corrected chi connectivity index (χ3v) is 4.44. The van der Waals surface area contributed by atoms with E-state index in [4.69, 9.17) is 4.74 Å². The number of carbonyl (C=O) groups excluding carboxylic acids is 1. The van der Waals surface area contributed by atoms with Crippen molar-refractivity contribution >= 4 is 11.6 Å². The summed E-state index contributed by atoms with van der Waals surface area (Å²) in [6.45, 7) is 5.38. The van der Waals surface area contributed by atoms with Crippen LogP contribution in [0, 0.1) is 13.8 Å². The second-order valence-electron chi connectivity index (χ2n) is 6.62. The summed E-state index contributed by atoms with van der Waals surface area (Å²) in [6.07, 6.45) is 0.0748. The summed E-state index contributed by atoms with van der Waals surface area (Å²) in [5.41, 5.74) is 4.04. The van der Waals surface area contributed by atoms with Crippen LogP contribution in [0.25, 0.3) is 0 Å². The third-order valence-electron chi connectivity index (χ3n) is 4.44. The minimum Gasteiger partial charge on any atom is -0.486 e. The SMILES string of the molecule is Cc1cccc(C)c1OC1CN(C(=O)c2cccc(N(C)C)c2)C1. The first-order valence-corrected chi connectivity index (χ1v) is 8.25. The Bertz CT molecular complexity index is 729. The number of hydrogen-bond acceptors (Lipinski definition) is 3. The molecule has 0 bridgehead atoms. The van der Waals surface area contributed by atoms with Crippen molar-refractivity contribution in [3.05, 3.63) is 59.2 Å². The normalized spacial score (nSPS) is 14.2. The monoisotopic (exact) mass is 324 g/mol. The second-order valence-corrected chi connectivity index (χ2v) is 6.62. The van der Waals surface area contributed by atoms with Crippen molar-refractivity contribution in [2.75, 3.05) is 32.1 Å². The van der Waals surface area contributed by atoms with Crippen LogP contribution in [0.3, 0.4) is 0 Å². The number of carbonyl (C=O) groups is 1. The molecular formula is C20H24N2O2. The zero-order valence-corrected chi connectivity index (χ0v) is 14.7. The molecule has 0 atom stereocenters. The average Bonchev–Trinajstić information content (AvgIpc) is 2.52. The van der Waals surface area contributed by atoms with Crippen molar-refractivity contribution in [1.29, 1.82) is 0 Å². The van der Waals surface area contributed by atoms with Gasteiger partial charge in [0.25, 0.3) is 5.91 Å². The fourth-order valence-electron chi connectivity index (χ4n) is 2.93. The highest BCUT2D eigenvalue weighted by molar-refractivity contribution is 5.95. The molecule has 0 unspecified atom stereocenters. The Hall–Kier alpha value is -2.49. The van der Waals surface area contributed by atoms with Crippen molar-refractivity contribution in [2.24, 2.45) is 0 Å². The summed E-state index contributed by atoms with van der Waals surface area (Å²) in [5.74, 6) is 1.02. The van der Waals surface area contributed by atoms with E-state index in [0.29, 0.717) is 13.1 Å². The maximum Gasteiger partial charge on any atom is 0.254 e. The van der Waals surface area contributed by atoms with Crippen LogP contribution in [0.4, 0.5) is 5.69 Å². The molecule has 0 aromatic heterocycles. The van der Waals surface area contributed by atoms with E-state index in [1.54, 1.807) is 0 Å². The van der Waals surface area contributed by atoms with Crippen LogP contribution in [0.5, 0.6) is 5.75 Å². The summed E-state index contributed by atoms with van der Waals surface area (Å²) in [6, 6.07) is 13.9. The molecule has 2 aromatic carbocycles. The topological polar surface area (TPSA) is 32.8 Å². The Labute approximate surface area is 143 Å². The molecule has 126 valence electrons. The van der Waals surface area contributed by atoms with Gasteiger partial charge < -0.3 is 14.5 Å². The van der Waals surface area contributed by atoms with Crippen LogP contribution >= 0.6 is 0 Å². The number of likely N-dealkylation sites (tertiary alicyclic amines) is 1. The van der Waals surface area contributed by atoms with E-state index in [0.717, 1.165) is 28.1 Å². The summed E-state index contributed by atoms with van der Waals surface area (Å²) in [5, 5.41) is 0. The highest BCUT2D eigenvalue weighted by Gasteiger charge is 2.33. The van der Waals surface area contributed by atoms with E-state index in [1.165, 1.54) is 0 Å². The van der Waals surface area contributed by atoms with Gasteiger partial charge in [-0.15, -0.1) is 0 Å². The third kappa shape index (κ3) is 3.23. The van der Waals surface area contributed by atoms with Gasteiger partial charge in [0.05, 0.1) is 13.1 Å². The largest absolute Gasteiger partial charge is 0.486 e. The highest BCUT2D eigenvalue weighted by atomic mass is 16.5. The van der Waals surface area contributed by atoms with Crippen molar-refractivity contribution in [2.45, 2.75) is 20.0 Å². The summed E-state index contributed by atoms with van der Waals surface area (Å²) >= 11 is 0. The quantitative estimate of drug-likeness (QED) is 0.865. The summed E-state index contributed by atoms with van der Waals surface area (Å²) in [7, 11) is 3.95. The van der Waals surface area contributed by atoms with Crippen LogP contribution in [0.15, 0.2) is 42.5 Å². The smallest absolute Gasteiger partial charge is 0.254 e. The molecule has 2 aromatic rings. The van der Waals surface area contributed by atoms with Gasteiger partial charge in [-0.3, -0.25) is 4.79 Å². The number of amides is 1. The lowest BCUT2D eigenvalue weighted by molar-refractivity contribution is 0.0173. The van der Waals surface area contributed by atoms with E-state index in [2.05, 4.69) is 26.0 Å². The van der Waals surface area contributed by atoms with Gasteiger partial charge in [-0.05, 0) is 43.2 Å². The molecule has 24 heavy (non-hydrogen) atoms. The number of hydrogen-bond donors (Lipinski definition) is 0. The Morgan fingerprint density at radius 1 is 1.08 bits per heavy atom. The van der Waals surface area contributed by atoms with Gasteiger partial charge in [-0.1, -0.05) is 24.3 Å². The Morgan fingerprint density at radius 2 is 1.71 bits per heavy atom. The lowest BCUT2D eigenvalue weighted by Crippen LogP contribution is -2.56. The standard InChI is InChI=1S/C20H24N2O2/c1-14-7-5-8-15(2)19(14)24-18-12-22(13-18)20(23)16-9-6-10-17(11-16)21(3)4/h5-11,18H,12-13H2,1-4H3.